The summed E-state index contributed by atoms with van der Waals surface area (Å²) in [7, 11) is 0. The van der Waals surface area contributed by atoms with Crippen molar-refractivity contribution in [3.05, 3.63) is 35.4 Å². The van der Waals surface area contributed by atoms with E-state index < -0.39 is 0 Å². The monoisotopic (exact) mass is 272 g/mol. The molecule has 0 saturated heterocycles. The van der Waals surface area contributed by atoms with E-state index in [1.807, 2.05) is 0 Å². The molecule has 2 rings (SSSR count). The van der Waals surface area contributed by atoms with E-state index in [2.05, 4.69) is 58.0 Å². The maximum atomic E-state index is 5.87. The summed E-state index contributed by atoms with van der Waals surface area (Å²) in [5.41, 5.74) is 2.56. The van der Waals surface area contributed by atoms with E-state index in [1.54, 1.807) is 0 Å². The Balaban J connectivity index is 2.04. The fourth-order valence-corrected chi connectivity index (χ4v) is 3.15. The lowest BCUT2D eigenvalue weighted by molar-refractivity contribution is 0.149. The smallest absolute Gasteiger partial charge is 0.122 e. The summed E-state index contributed by atoms with van der Waals surface area (Å²) in [6.45, 7) is 9.88. The summed E-state index contributed by atoms with van der Waals surface area (Å²) in [6.07, 6.45) is 8.36. The zero-order valence-corrected chi connectivity index (χ0v) is 13.4. The molecule has 0 heterocycles. The Morgan fingerprint density at radius 1 is 1.25 bits per heavy atom. The van der Waals surface area contributed by atoms with Crippen molar-refractivity contribution in [2.24, 2.45) is 17.8 Å². The number of rotatable bonds is 6. The molecule has 0 aromatic heterocycles. The molecule has 1 heteroatoms. The fourth-order valence-electron chi connectivity index (χ4n) is 3.15. The lowest BCUT2D eigenvalue weighted by Crippen LogP contribution is -2.30. The molecule has 1 fully saturated rings. The Hall–Kier alpha value is -1.24. The third-order valence-corrected chi connectivity index (χ3v) is 4.64. The van der Waals surface area contributed by atoms with Crippen molar-refractivity contribution >= 4 is 6.08 Å². The molecule has 0 amide bonds. The Kier molecular flexibility index (Phi) is 5.28. The molecule has 0 N–H and O–H groups in total. The second kappa shape index (κ2) is 6.97. The molecule has 0 radical (unpaired) electrons. The summed E-state index contributed by atoms with van der Waals surface area (Å²) in [5.74, 6) is 3.46. The van der Waals surface area contributed by atoms with Crippen LogP contribution >= 0.6 is 0 Å². The molecule has 20 heavy (non-hydrogen) atoms. The van der Waals surface area contributed by atoms with E-state index in [-0.39, 0.29) is 0 Å². The first-order valence-electron chi connectivity index (χ1n) is 8.04. The molecule has 1 saturated carbocycles. The Morgan fingerprint density at radius 3 is 2.65 bits per heavy atom. The van der Waals surface area contributed by atoms with Crippen molar-refractivity contribution in [1.82, 2.24) is 0 Å². The maximum Gasteiger partial charge on any atom is 0.122 e. The number of benzene rings is 1. The third-order valence-electron chi connectivity index (χ3n) is 4.64. The van der Waals surface area contributed by atoms with Crippen LogP contribution in [0.2, 0.25) is 0 Å². The molecule has 2 unspecified atom stereocenters. The van der Waals surface area contributed by atoms with Crippen molar-refractivity contribution in [3.63, 3.8) is 0 Å². The average molecular weight is 272 g/mol. The average Bonchev–Trinajstić information content (AvgIpc) is 2.42. The predicted octanol–water partition coefficient (Wildman–Crippen LogP) is 5.48. The standard InChI is InChI=1S/C19H28O/c1-5-6-12-20-19-9-7-8-17(16(19)4)10-11-18-14(2)13-15(18)3/h7-11,14-15,18H,5-6,12-13H2,1-4H3/b11-10-. The zero-order valence-electron chi connectivity index (χ0n) is 13.4. The Bertz CT molecular complexity index is 453. The largest absolute Gasteiger partial charge is 0.493 e. The molecule has 1 aliphatic rings. The minimum Gasteiger partial charge on any atom is -0.493 e. The lowest BCUT2D eigenvalue weighted by atomic mass is 9.66. The molecule has 110 valence electrons. The molecule has 0 bridgehead atoms. The highest BCUT2D eigenvalue weighted by atomic mass is 16.5. The SMILES string of the molecule is CCCCOc1cccc(/C=C\C2C(C)CC2C)c1C. The summed E-state index contributed by atoms with van der Waals surface area (Å²) in [6, 6.07) is 6.37. The van der Waals surface area contributed by atoms with E-state index in [9.17, 15) is 0 Å². The minimum atomic E-state index is 0.749. The van der Waals surface area contributed by atoms with Gasteiger partial charge in [-0.1, -0.05) is 51.5 Å². The number of unbranched alkanes of at least 4 members (excludes halogenated alkanes) is 1. The highest BCUT2D eigenvalue weighted by molar-refractivity contribution is 5.57. The number of hydrogen-bond donors (Lipinski definition) is 0. The fraction of sp³-hybridized carbons (Fsp3) is 0.579. The number of ether oxygens (including phenoxy) is 1. The van der Waals surface area contributed by atoms with Gasteiger partial charge in [-0.15, -0.1) is 0 Å². The van der Waals surface area contributed by atoms with Gasteiger partial charge in [-0.3, -0.25) is 0 Å². The highest BCUT2D eigenvalue weighted by Crippen LogP contribution is 2.41. The van der Waals surface area contributed by atoms with Gasteiger partial charge in [-0.25, -0.2) is 0 Å². The Labute approximate surface area is 124 Å². The van der Waals surface area contributed by atoms with Gasteiger partial charge in [0.05, 0.1) is 6.61 Å². The second-order valence-electron chi connectivity index (χ2n) is 6.30. The van der Waals surface area contributed by atoms with Crippen LogP contribution in [-0.4, -0.2) is 6.61 Å². The second-order valence-corrected chi connectivity index (χ2v) is 6.30. The summed E-state index contributed by atoms with van der Waals surface area (Å²) in [5, 5.41) is 0. The van der Waals surface area contributed by atoms with Crippen molar-refractivity contribution in [1.29, 1.82) is 0 Å². The highest BCUT2D eigenvalue weighted by Gasteiger charge is 2.32. The summed E-state index contributed by atoms with van der Waals surface area (Å²) >= 11 is 0. The van der Waals surface area contributed by atoms with Gasteiger partial charge in [-0.05, 0) is 54.7 Å². The molecular weight excluding hydrogens is 244 g/mol. The minimum absolute atomic E-state index is 0.749. The van der Waals surface area contributed by atoms with Crippen LogP contribution in [0.5, 0.6) is 5.75 Å². The molecule has 1 aromatic rings. The first-order valence-corrected chi connectivity index (χ1v) is 8.04. The van der Waals surface area contributed by atoms with Gasteiger partial charge in [0.1, 0.15) is 5.75 Å². The molecular formula is C19H28O. The van der Waals surface area contributed by atoms with Gasteiger partial charge in [0.15, 0.2) is 0 Å². The first-order chi connectivity index (χ1) is 9.63. The molecule has 0 spiro atoms. The van der Waals surface area contributed by atoms with Crippen molar-refractivity contribution < 1.29 is 4.74 Å². The molecule has 1 aliphatic carbocycles. The summed E-state index contributed by atoms with van der Waals surface area (Å²) < 4.78 is 5.87. The van der Waals surface area contributed by atoms with Crippen LogP contribution in [0.4, 0.5) is 0 Å². The van der Waals surface area contributed by atoms with Crippen molar-refractivity contribution in [2.45, 2.75) is 47.0 Å². The molecule has 0 aliphatic heterocycles. The topological polar surface area (TPSA) is 9.23 Å². The number of allylic oxidation sites excluding steroid dienone is 1. The first kappa shape index (κ1) is 15.2. The van der Waals surface area contributed by atoms with E-state index in [1.165, 1.54) is 24.0 Å². The lowest BCUT2D eigenvalue weighted by Gasteiger charge is -2.39. The predicted molar refractivity (Wildman–Crippen MR) is 87.1 cm³/mol. The van der Waals surface area contributed by atoms with E-state index in [4.69, 9.17) is 4.74 Å². The van der Waals surface area contributed by atoms with Gasteiger partial charge in [0, 0.05) is 0 Å². The molecule has 1 aromatic carbocycles. The quantitative estimate of drug-likeness (QED) is 0.623. The maximum absolute atomic E-state index is 5.87. The van der Waals surface area contributed by atoms with Gasteiger partial charge < -0.3 is 4.74 Å². The van der Waals surface area contributed by atoms with E-state index >= 15 is 0 Å². The van der Waals surface area contributed by atoms with Crippen LogP contribution in [0.1, 0.15) is 51.2 Å². The van der Waals surface area contributed by atoms with E-state index in [0.717, 1.165) is 36.5 Å². The van der Waals surface area contributed by atoms with E-state index in [0.29, 0.717) is 0 Å². The van der Waals surface area contributed by atoms with Crippen LogP contribution in [0.3, 0.4) is 0 Å². The normalized spacial score (nSPS) is 25.7. The molecule has 1 nitrogen and oxygen atoms in total. The van der Waals surface area contributed by atoms with Gasteiger partial charge in [0.2, 0.25) is 0 Å². The number of hydrogen-bond acceptors (Lipinski definition) is 1. The zero-order chi connectivity index (χ0) is 14.5. The van der Waals surface area contributed by atoms with Gasteiger partial charge >= 0.3 is 0 Å². The Morgan fingerprint density at radius 2 is 2.00 bits per heavy atom. The van der Waals surface area contributed by atoms with Crippen molar-refractivity contribution in [3.8, 4) is 5.75 Å². The van der Waals surface area contributed by atoms with Crippen LogP contribution in [0.25, 0.3) is 6.08 Å². The summed E-state index contributed by atoms with van der Waals surface area (Å²) in [4.78, 5) is 0. The van der Waals surface area contributed by atoms with Crippen LogP contribution in [0.15, 0.2) is 24.3 Å². The van der Waals surface area contributed by atoms with Crippen LogP contribution in [-0.2, 0) is 0 Å². The van der Waals surface area contributed by atoms with Gasteiger partial charge in [-0.2, -0.15) is 0 Å². The molecule has 2 atom stereocenters. The van der Waals surface area contributed by atoms with Gasteiger partial charge in [0.25, 0.3) is 0 Å². The van der Waals surface area contributed by atoms with Crippen LogP contribution in [0, 0.1) is 24.7 Å². The third kappa shape index (κ3) is 3.45. The van der Waals surface area contributed by atoms with Crippen molar-refractivity contribution in [2.75, 3.05) is 6.61 Å². The van der Waals surface area contributed by atoms with Crippen LogP contribution < -0.4 is 4.74 Å².